The lowest BCUT2D eigenvalue weighted by molar-refractivity contribution is -0.122. The van der Waals surface area contributed by atoms with Crippen molar-refractivity contribution in [1.29, 1.82) is 5.26 Å². The van der Waals surface area contributed by atoms with Gasteiger partial charge in [-0.2, -0.15) is 9.57 Å². The number of nitriles is 1. The van der Waals surface area contributed by atoms with Gasteiger partial charge in [-0.25, -0.2) is 8.42 Å². The Morgan fingerprint density at radius 1 is 1.11 bits per heavy atom. The van der Waals surface area contributed by atoms with Crippen LogP contribution >= 0.6 is 0 Å². The predicted octanol–water partition coefficient (Wildman–Crippen LogP) is 2.46. The number of aryl methyl sites for hydroxylation is 1. The minimum atomic E-state index is -3.62. The van der Waals surface area contributed by atoms with Crippen LogP contribution in [0.25, 0.3) is 0 Å². The lowest BCUT2D eigenvalue weighted by Gasteiger charge is -2.31. The number of hydrogen-bond donors (Lipinski definition) is 1. The number of hydrogen-bond acceptors (Lipinski definition) is 4. The topological polar surface area (TPSA) is 90.3 Å². The first-order valence-electron chi connectivity index (χ1n) is 9.32. The van der Waals surface area contributed by atoms with Gasteiger partial charge in [0.15, 0.2) is 0 Å². The van der Waals surface area contributed by atoms with Crippen LogP contribution in [0.15, 0.2) is 59.5 Å². The average molecular weight is 398 g/mol. The highest BCUT2D eigenvalue weighted by Crippen LogP contribution is 2.21. The van der Waals surface area contributed by atoms with Gasteiger partial charge in [0, 0.05) is 25.6 Å². The summed E-state index contributed by atoms with van der Waals surface area (Å²) in [5.41, 5.74) is 1.44. The van der Waals surface area contributed by atoms with Crippen molar-refractivity contribution < 1.29 is 13.2 Å². The molecule has 1 fully saturated rings. The van der Waals surface area contributed by atoms with Gasteiger partial charge in [0.25, 0.3) is 0 Å². The third-order valence-corrected chi connectivity index (χ3v) is 6.80. The lowest BCUT2D eigenvalue weighted by Crippen LogP contribution is -2.46. The van der Waals surface area contributed by atoms with Crippen molar-refractivity contribution in [3.8, 4) is 6.07 Å². The Hall–Kier alpha value is -2.69. The summed E-state index contributed by atoms with van der Waals surface area (Å²) in [4.78, 5) is 12.3. The van der Waals surface area contributed by atoms with Gasteiger partial charge in [-0.3, -0.25) is 4.79 Å². The molecule has 28 heavy (non-hydrogen) atoms. The van der Waals surface area contributed by atoms with Crippen LogP contribution in [0.2, 0.25) is 0 Å². The molecular weight excluding hydrogens is 374 g/mol. The van der Waals surface area contributed by atoms with Crippen LogP contribution in [0.4, 0.5) is 0 Å². The van der Waals surface area contributed by atoms with E-state index in [2.05, 4.69) is 5.32 Å². The van der Waals surface area contributed by atoms with Gasteiger partial charge >= 0.3 is 0 Å². The van der Waals surface area contributed by atoms with Crippen molar-refractivity contribution in [2.75, 3.05) is 13.1 Å². The molecule has 0 spiro atoms. The first-order valence-corrected chi connectivity index (χ1v) is 10.8. The number of amides is 1. The van der Waals surface area contributed by atoms with Crippen LogP contribution in [0.3, 0.4) is 0 Å². The van der Waals surface area contributed by atoms with Crippen molar-refractivity contribution in [2.45, 2.75) is 36.6 Å². The zero-order valence-electron chi connectivity index (χ0n) is 15.5. The van der Waals surface area contributed by atoms with E-state index in [1.807, 2.05) is 36.4 Å². The summed E-state index contributed by atoms with van der Waals surface area (Å²) in [6.07, 6.45) is 2.26. The molecule has 7 heteroatoms. The molecule has 0 bridgehead atoms. The molecule has 146 valence electrons. The first-order chi connectivity index (χ1) is 13.5. The second-order valence-electron chi connectivity index (χ2n) is 6.87. The molecule has 6 nitrogen and oxygen atoms in total. The fourth-order valence-electron chi connectivity index (χ4n) is 3.32. The van der Waals surface area contributed by atoms with Gasteiger partial charge in [-0.15, -0.1) is 0 Å². The first kappa shape index (κ1) is 20.1. The zero-order chi connectivity index (χ0) is 20.0. The van der Waals surface area contributed by atoms with Gasteiger partial charge in [0.2, 0.25) is 15.9 Å². The minimum Gasteiger partial charge on any atom is -0.353 e. The standard InChI is InChI=1S/C21H23N3O3S/c22-16-18-7-4-8-20(15-18)28(26,27)24-13-11-19(12-14-24)23-21(25)10-9-17-5-2-1-3-6-17/h1-8,15,19H,9-14H2,(H,23,25). The van der Waals surface area contributed by atoms with Crippen LogP contribution in [-0.4, -0.2) is 37.8 Å². The van der Waals surface area contributed by atoms with E-state index in [9.17, 15) is 13.2 Å². The Morgan fingerprint density at radius 3 is 2.50 bits per heavy atom. The second kappa shape index (κ2) is 9.00. The van der Waals surface area contributed by atoms with Gasteiger partial charge in [-0.1, -0.05) is 36.4 Å². The summed E-state index contributed by atoms with van der Waals surface area (Å²) in [7, 11) is -3.62. The number of nitrogens with zero attached hydrogens (tertiary/aromatic N) is 2. The summed E-state index contributed by atoms with van der Waals surface area (Å²) in [6.45, 7) is 0.700. The fourth-order valence-corrected chi connectivity index (χ4v) is 4.83. The molecule has 1 amide bonds. The molecule has 1 saturated heterocycles. The van der Waals surface area contributed by atoms with Crippen molar-refractivity contribution in [2.24, 2.45) is 0 Å². The number of rotatable bonds is 6. The van der Waals surface area contributed by atoms with E-state index < -0.39 is 10.0 Å². The van der Waals surface area contributed by atoms with Crippen LogP contribution in [-0.2, 0) is 21.2 Å². The molecule has 0 saturated carbocycles. The molecule has 3 rings (SSSR count). The van der Waals surface area contributed by atoms with E-state index in [0.29, 0.717) is 44.3 Å². The minimum absolute atomic E-state index is 0.00752. The summed E-state index contributed by atoms with van der Waals surface area (Å²) >= 11 is 0. The van der Waals surface area contributed by atoms with Crippen molar-refractivity contribution in [1.82, 2.24) is 9.62 Å². The largest absolute Gasteiger partial charge is 0.353 e. The quantitative estimate of drug-likeness (QED) is 0.811. The van der Waals surface area contributed by atoms with Crippen LogP contribution < -0.4 is 5.32 Å². The van der Waals surface area contributed by atoms with E-state index in [1.165, 1.54) is 16.4 Å². The molecule has 0 unspecified atom stereocenters. The molecule has 1 aliphatic rings. The van der Waals surface area contributed by atoms with Crippen LogP contribution in [0, 0.1) is 11.3 Å². The molecule has 2 aromatic rings. The maximum absolute atomic E-state index is 12.8. The summed E-state index contributed by atoms with van der Waals surface area (Å²) < 4.78 is 27.0. The Morgan fingerprint density at radius 2 is 1.82 bits per heavy atom. The number of carbonyl (C=O) groups excluding carboxylic acids is 1. The average Bonchev–Trinajstić information content (AvgIpc) is 2.73. The van der Waals surface area contributed by atoms with Gasteiger partial charge < -0.3 is 5.32 Å². The third kappa shape index (κ3) is 4.97. The second-order valence-corrected chi connectivity index (χ2v) is 8.81. The number of piperidine rings is 1. The monoisotopic (exact) mass is 397 g/mol. The summed E-state index contributed by atoms with van der Waals surface area (Å²) in [6, 6.07) is 17.9. The summed E-state index contributed by atoms with van der Waals surface area (Å²) in [5.74, 6) is -0.00752. The molecule has 0 atom stereocenters. The molecule has 1 heterocycles. The van der Waals surface area contributed by atoms with E-state index in [0.717, 1.165) is 5.56 Å². The molecule has 0 aromatic heterocycles. The smallest absolute Gasteiger partial charge is 0.243 e. The maximum Gasteiger partial charge on any atom is 0.243 e. The van der Waals surface area contributed by atoms with Crippen molar-refractivity contribution in [3.63, 3.8) is 0 Å². The number of carbonyl (C=O) groups is 1. The molecule has 0 aliphatic carbocycles. The lowest BCUT2D eigenvalue weighted by atomic mass is 10.1. The number of nitrogens with one attached hydrogen (secondary N) is 1. The van der Waals surface area contributed by atoms with Crippen molar-refractivity contribution in [3.05, 3.63) is 65.7 Å². The highest BCUT2D eigenvalue weighted by Gasteiger charge is 2.30. The Balaban J connectivity index is 1.51. The predicted molar refractivity (Wildman–Crippen MR) is 106 cm³/mol. The van der Waals surface area contributed by atoms with E-state index in [-0.39, 0.29) is 16.8 Å². The Labute approximate surface area is 165 Å². The number of sulfonamides is 1. The van der Waals surface area contributed by atoms with Gasteiger partial charge in [0.1, 0.15) is 0 Å². The molecule has 0 radical (unpaired) electrons. The maximum atomic E-state index is 12.8. The SMILES string of the molecule is N#Cc1cccc(S(=O)(=O)N2CCC(NC(=O)CCc3ccccc3)CC2)c1. The van der Waals surface area contributed by atoms with E-state index in [4.69, 9.17) is 5.26 Å². The van der Waals surface area contributed by atoms with Crippen LogP contribution in [0.1, 0.15) is 30.4 Å². The highest BCUT2D eigenvalue weighted by atomic mass is 32.2. The van der Waals surface area contributed by atoms with Gasteiger partial charge in [0.05, 0.1) is 16.5 Å². The fraction of sp³-hybridized carbons (Fsp3) is 0.333. The van der Waals surface area contributed by atoms with Gasteiger partial charge in [-0.05, 0) is 43.0 Å². The molecule has 1 aliphatic heterocycles. The van der Waals surface area contributed by atoms with Crippen LogP contribution in [0.5, 0.6) is 0 Å². The zero-order valence-corrected chi connectivity index (χ0v) is 16.4. The van der Waals surface area contributed by atoms with Crippen molar-refractivity contribution >= 4 is 15.9 Å². The molecule has 2 aromatic carbocycles. The van der Waals surface area contributed by atoms with E-state index >= 15 is 0 Å². The third-order valence-electron chi connectivity index (χ3n) is 4.90. The summed E-state index contributed by atoms with van der Waals surface area (Å²) in [5, 5.41) is 12.0. The van der Waals surface area contributed by atoms with E-state index in [1.54, 1.807) is 12.1 Å². The Kier molecular flexibility index (Phi) is 6.45. The normalized spacial score (nSPS) is 15.7. The Bertz CT molecular complexity index is 960. The number of benzene rings is 2. The highest BCUT2D eigenvalue weighted by molar-refractivity contribution is 7.89. The molecule has 1 N–H and O–H groups in total. The molecular formula is C21H23N3O3S.